The van der Waals surface area contributed by atoms with Gasteiger partial charge in [0.05, 0.1) is 5.69 Å². The van der Waals surface area contributed by atoms with Gasteiger partial charge in [-0.25, -0.2) is 9.48 Å². The topological polar surface area (TPSA) is 79.3 Å². The minimum absolute atomic E-state index is 0.0546. The number of likely N-dealkylation sites (N-methyl/N-ethyl adjacent to an activating group) is 1. The number of hydrogen-bond donors (Lipinski definition) is 2. The van der Waals surface area contributed by atoms with E-state index in [4.69, 9.17) is 0 Å². The third-order valence-corrected chi connectivity index (χ3v) is 3.91. The lowest BCUT2D eigenvalue weighted by Gasteiger charge is -2.13. The zero-order chi connectivity index (χ0) is 16.4. The molecule has 0 bridgehead atoms. The largest absolute Gasteiger partial charge is 0.344 e. The lowest BCUT2D eigenvalue weighted by atomic mass is 10.2. The molecule has 1 atom stereocenters. The van der Waals surface area contributed by atoms with Crippen LogP contribution in [0.5, 0.6) is 0 Å². The number of aryl methyl sites for hydroxylation is 1. The first kappa shape index (κ1) is 15.1. The molecule has 3 amide bonds. The van der Waals surface area contributed by atoms with Gasteiger partial charge in [0.1, 0.15) is 6.04 Å². The quantitative estimate of drug-likeness (QED) is 0.902. The smallest absolute Gasteiger partial charge is 0.319 e. The number of nitrogens with one attached hydrogen (secondary N) is 2. The summed E-state index contributed by atoms with van der Waals surface area (Å²) in [7, 11) is 1.73. The van der Waals surface area contributed by atoms with E-state index in [1.165, 1.54) is 0 Å². The molecule has 23 heavy (non-hydrogen) atoms. The Bertz CT molecular complexity index is 740. The van der Waals surface area contributed by atoms with Gasteiger partial charge in [-0.2, -0.15) is 5.10 Å². The molecule has 0 radical (unpaired) electrons. The van der Waals surface area contributed by atoms with Crippen molar-refractivity contribution in [2.75, 3.05) is 18.9 Å². The van der Waals surface area contributed by atoms with Crippen molar-refractivity contribution in [3.63, 3.8) is 0 Å². The van der Waals surface area contributed by atoms with Crippen LogP contribution in [0.15, 0.2) is 36.5 Å². The van der Waals surface area contributed by atoms with Crippen molar-refractivity contribution in [1.82, 2.24) is 20.0 Å². The number of benzene rings is 1. The van der Waals surface area contributed by atoms with Crippen molar-refractivity contribution in [1.29, 1.82) is 0 Å². The Morgan fingerprint density at radius 3 is 2.83 bits per heavy atom. The average Bonchev–Trinajstić information content (AvgIpc) is 3.08. The number of aromatic nitrogens is 2. The first-order chi connectivity index (χ1) is 11.0. The molecule has 7 heteroatoms. The molecule has 7 nitrogen and oxygen atoms in total. The summed E-state index contributed by atoms with van der Waals surface area (Å²) in [5.74, 6) is -0.0546. The molecule has 2 heterocycles. The van der Waals surface area contributed by atoms with Crippen LogP contribution in [0.4, 0.5) is 10.5 Å². The molecule has 1 aromatic heterocycles. The first-order valence-electron chi connectivity index (χ1n) is 7.48. The van der Waals surface area contributed by atoms with Crippen molar-refractivity contribution in [2.45, 2.75) is 19.4 Å². The number of hydrogen-bond acceptors (Lipinski definition) is 3. The van der Waals surface area contributed by atoms with Crippen LogP contribution in [0.1, 0.15) is 12.1 Å². The van der Waals surface area contributed by atoms with Gasteiger partial charge in [-0.3, -0.25) is 4.79 Å². The lowest BCUT2D eigenvalue weighted by molar-refractivity contribution is -0.128. The second-order valence-corrected chi connectivity index (χ2v) is 5.63. The van der Waals surface area contributed by atoms with E-state index in [0.29, 0.717) is 18.7 Å². The average molecular weight is 313 g/mol. The summed E-state index contributed by atoms with van der Waals surface area (Å²) in [5.41, 5.74) is 2.52. The van der Waals surface area contributed by atoms with E-state index in [1.807, 2.05) is 31.2 Å². The number of nitrogens with zero attached hydrogens (tertiary/aromatic N) is 3. The van der Waals surface area contributed by atoms with Crippen LogP contribution in [0.25, 0.3) is 5.69 Å². The Hall–Kier alpha value is -2.83. The maximum atomic E-state index is 12.1. The number of urea groups is 1. The third-order valence-electron chi connectivity index (χ3n) is 3.91. The van der Waals surface area contributed by atoms with Crippen molar-refractivity contribution in [3.05, 3.63) is 42.2 Å². The minimum atomic E-state index is -0.448. The molecule has 0 aliphatic carbocycles. The fraction of sp³-hybridized carbons (Fsp3) is 0.312. The van der Waals surface area contributed by atoms with Crippen LogP contribution in [0.2, 0.25) is 0 Å². The molecule has 3 rings (SSSR count). The number of rotatable bonds is 3. The minimum Gasteiger partial charge on any atom is -0.344 e. The molecular weight excluding hydrogens is 294 g/mol. The fourth-order valence-corrected chi connectivity index (χ4v) is 2.64. The van der Waals surface area contributed by atoms with E-state index in [1.54, 1.807) is 28.9 Å². The monoisotopic (exact) mass is 313 g/mol. The molecule has 2 aromatic rings. The summed E-state index contributed by atoms with van der Waals surface area (Å²) in [4.78, 5) is 25.5. The van der Waals surface area contributed by atoms with E-state index >= 15 is 0 Å². The zero-order valence-corrected chi connectivity index (χ0v) is 13.1. The van der Waals surface area contributed by atoms with Crippen LogP contribution >= 0.6 is 0 Å². The Labute approximate surface area is 134 Å². The highest BCUT2D eigenvalue weighted by atomic mass is 16.2. The Balaban J connectivity index is 1.67. The maximum absolute atomic E-state index is 12.1. The van der Waals surface area contributed by atoms with Crippen LogP contribution in [-0.2, 0) is 4.79 Å². The van der Waals surface area contributed by atoms with Crippen LogP contribution < -0.4 is 10.6 Å². The van der Waals surface area contributed by atoms with Gasteiger partial charge in [0.2, 0.25) is 5.91 Å². The first-order valence-corrected chi connectivity index (χ1v) is 7.48. The SMILES string of the molecule is Cc1ccnn1-c1cccc(NC(=O)N[C@H]2CCN(C)C2=O)c1. The van der Waals surface area contributed by atoms with Crippen molar-refractivity contribution in [2.24, 2.45) is 0 Å². The second kappa shape index (κ2) is 6.12. The highest BCUT2D eigenvalue weighted by molar-refractivity contribution is 5.94. The highest BCUT2D eigenvalue weighted by Crippen LogP contribution is 2.16. The molecule has 1 aliphatic heterocycles. The van der Waals surface area contributed by atoms with E-state index < -0.39 is 6.04 Å². The van der Waals surface area contributed by atoms with Crippen molar-refractivity contribution < 1.29 is 9.59 Å². The van der Waals surface area contributed by atoms with Crippen LogP contribution in [-0.4, -0.2) is 46.3 Å². The number of anilines is 1. The molecule has 2 N–H and O–H groups in total. The van der Waals surface area contributed by atoms with Gasteiger partial charge >= 0.3 is 6.03 Å². The summed E-state index contributed by atoms with van der Waals surface area (Å²) >= 11 is 0. The van der Waals surface area contributed by atoms with Crippen LogP contribution in [0, 0.1) is 6.92 Å². The molecule has 1 aromatic carbocycles. The standard InChI is InChI=1S/C16H19N5O2/c1-11-6-8-17-21(11)13-5-3-4-12(10-13)18-16(23)19-14-7-9-20(2)15(14)22/h3-6,8,10,14H,7,9H2,1-2H3,(H2,18,19,23)/t14-/m0/s1. The molecule has 0 saturated carbocycles. The van der Waals surface area contributed by atoms with E-state index in [9.17, 15) is 9.59 Å². The van der Waals surface area contributed by atoms with E-state index in [0.717, 1.165) is 11.4 Å². The summed E-state index contributed by atoms with van der Waals surface area (Å²) in [5, 5.41) is 9.72. The molecule has 0 unspecified atom stereocenters. The number of likely N-dealkylation sites (tertiary alicyclic amines) is 1. The van der Waals surface area contributed by atoms with Gasteiger partial charge in [0, 0.05) is 31.2 Å². The molecule has 1 saturated heterocycles. The Morgan fingerprint density at radius 1 is 1.35 bits per heavy atom. The second-order valence-electron chi connectivity index (χ2n) is 5.63. The fourth-order valence-electron chi connectivity index (χ4n) is 2.64. The molecule has 1 aliphatic rings. The summed E-state index contributed by atoms with van der Waals surface area (Å²) < 4.78 is 1.79. The third kappa shape index (κ3) is 3.18. The van der Waals surface area contributed by atoms with Crippen molar-refractivity contribution in [3.8, 4) is 5.69 Å². The molecule has 0 spiro atoms. The molecule has 120 valence electrons. The summed E-state index contributed by atoms with van der Waals surface area (Å²) in [6, 6.07) is 8.48. The Morgan fingerprint density at radius 2 is 2.17 bits per heavy atom. The van der Waals surface area contributed by atoms with Gasteiger partial charge in [-0.05, 0) is 37.6 Å². The maximum Gasteiger partial charge on any atom is 0.319 e. The lowest BCUT2D eigenvalue weighted by Crippen LogP contribution is -2.42. The van der Waals surface area contributed by atoms with Gasteiger partial charge in [-0.15, -0.1) is 0 Å². The summed E-state index contributed by atoms with van der Waals surface area (Å²) in [6.07, 6.45) is 2.36. The number of carbonyl (C=O) groups excluding carboxylic acids is 2. The zero-order valence-electron chi connectivity index (χ0n) is 13.1. The van der Waals surface area contributed by atoms with Gasteiger partial charge < -0.3 is 15.5 Å². The number of carbonyl (C=O) groups is 2. The van der Waals surface area contributed by atoms with Gasteiger partial charge in [-0.1, -0.05) is 6.07 Å². The molecule has 1 fully saturated rings. The Kier molecular flexibility index (Phi) is 4.01. The van der Waals surface area contributed by atoms with Crippen molar-refractivity contribution >= 4 is 17.6 Å². The van der Waals surface area contributed by atoms with E-state index in [-0.39, 0.29) is 11.9 Å². The summed E-state index contributed by atoms with van der Waals surface area (Å²) in [6.45, 7) is 2.62. The van der Waals surface area contributed by atoms with Crippen LogP contribution in [0.3, 0.4) is 0 Å². The van der Waals surface area contributed by atoms with Gasteiger partial charge in [0.15, 0.2) is 0 Å². The molecular formula is C16H19N5O2. The number of amides is 3. The van der Waals surface area contributed by atoms with Gasteiger partial charge in [0.25, 0.3) is 0 Å². The predicted octanol–water partition coefficient (Wildman–Crippen LogP) is 1.53. The highest BCUT2D eigenvalue weighted by Gasteiger charge is 2.30. The predicted molar refractivity (Wildman–Crippen MR) is 86.5 cm³/mol. The normalized spacial score (nSPS) is 17.4. The van der Waals surface area contributed by atoms with E-state index in [2.05, 4.69) is 15.7 Å².